The molecule has 0 N–H and O–H groups in total. The van der Waals surface area contributed by atoms with Gasteiger partial charge in [-0.05, 0) is 69.5 Å². The molecular weight excluding hydrogens is 360 g/mol. The molecule has 0 fully saturated rings. The lowest BCUT2D eigenvalue weighted by Gasteiger charge is -2.31. The quantitative estimate of drug-likeness (QED) is 0.534. The van der Waals surface area contributed by atoms with Crippen molar-refractivity contribution < 1.29 is 9.53 Å². The minimum absolute atomic E-state index is 0.0453. The topological polar surface area (TPSA) is 32.8 Å². The highest BCUT2D eigenvalue weighted by Crippen LogP contribution is 2.25. The summed E-state index contributed by atoms with van der Waals surface area (Å²) in [5.74, 6) is 1.04. The van der Waals surface area contributed by atoms with Crippen molar-refractivity contribution in [3.8, 4) is 5.75 Å². The minimum atomic E-state index is 0.0453. The molecule has 1 unspecified atom stereocenters. The van der Waals surface area contributed by atoms with Crippen molar-refractivity contribution in [1.29, 1.82) is 0 Å². The van der Waals surface area contributed by atoms with E-state index in [2.05, 4.69) is 69.0 Å². The van der Waals surface area contributed by atoms with Crippen LogP contribution in [-0.2, 0) is 11.2 Å². The molecule has 2 aromatic carbocycles. The van der Waals surface area contributed by atoms with Crippen LogP contribution < -0.4 is 9.64 Å². The predicted octanol–water partition coefficient (Wildman–Crippen LogP) is 5.47. The van der Waals surface area contributed by atoms with Gasteiger partial charge in [-0.2, -0.15) is 0 Å². The van der Waals surface area contributed by atoms with Gasteiger partial charge in [-0.1, -0.05) is 31.2 Å². The summed E-state index contributed by atoms with van der Waals surface area (Å²) >= 11 is 0. The van der Waals surface area contributed by atoms with Crippen LogP contribution in [0.15, 0.2) is 48.5 Å². The maximum atomic E-state index is 12.7. The van der Waals surface area contributed by atoms with E-state index in [-0.39, 0.29) is 11.9 Å². The Bertz CT molecular complexity index is 753. The molecule has 0 aliphatic carbocycles. The Morgan fingerprint density at radius 2 is 1.59 bits per heavy atom. The number of hydrogen-bond donors (Lipinski definition) is 0. The number of amides is 1. The Balaban J connectivity index is 2.13. The zero-order valence-corrected chi connectivity index (χ0v) is 18.8. The highest BCUT2D eigenvalue weighted by molar-refractivity contribution is 5.76. The maximum Gasteiger partial charge on any atom is 0.222 e. The number of anilines is 1. The number of rotatable bonds is 10. The SMILES string of the molecule is CCC(=O)N(CCc1ccc(OC)cc1)C(C)c1ccc(N(CC)C(C)C)cc1. The molecule has 1 amide bonds. The van der Waals surface area contributed by atoms with E-state index in [9.17, 15) is 4.79 Å². The molecule has 2 rings (SSSR count). The summed E-state index contributed by atoms with van der Waals surface area (Å²) in [7, 11) is 1.67. The van der Waals surface area contributed by atoms with Crippen molar-refractivity contribution in [3.05, 3.63) is 59.7 Å². The zero-order chi connectivity index (χ0) is 21.4. The Morgan fingerprint density at radius 3 is 2.07 bits per heavy atom. The second kappa shape index (κ2) is 10.9. The van der Waals surface area contributed by atoms with Gasteiger partial charge in [0.25, 0.3) is 0 Å². The fourth-order valence-electron chi connectivity index (χ4n) is 3.75. The summed E-state index contributed by atoms with van der Waals surface area (Å²) in [6.45, 7) is 12.3. The first-order chi connectivity index (χ1) is 13.9. The summed E-state index contributed by atoms with van der Waals surface area (Å²) in [5.41, 5.74) is 3.60. The molecule has 0 aliphatic heterocycles. The van der Waals surface area contributed by atoms with Crippen LogP contribution in [0.3, 0.4) is 0 Å². The van der Waals surface area contributed by atoms with E-state index < -0.39 is 0 Å². The van der Waals surface area contributed by atoms with E-state index in [1.165, 1.54) is 16.8 Å². The van der Waals surface area contributed by atoms with Crippen LogP contribution in [0.2, 0.25) is 0 Å². The number of benzene rings is 2. The van der Waals surface area contributed by atoms with Crippen molar-refractivity contribution in [1.82, 2.24) is 4.90 Å². The average Bonchev–Trinajstić information content (AvgIpc) is 2.74. The van der Waals surface area contributed by atoms with E-state index in [1.54, 1.807) is 7.11 Å². The number of carbonyl (C=O) groups excluding carboxylic acids is 1. The Morgan fingerprint density at radius 1 is 0.966 bits per heavy atom. The molecule has 2 aromatic rings. The van der Waals surface area contributed by atoms with Gasteiger partial charge in [0, 0.05) is 31.2 Å². The second-order valence-corrected chi connectivity index (χ2v) is 7.69. The number of methoxy groups -OCH3 is 1. The molecule has 1 atom stereocenters. The first kappa shape index (κ1) is 22.8. The van der Waals surface area contributed by atoms with Crippen molar-refractivity contribution in [3.63, 3.8) is 0 Å². The second-order valence-electron chi connectivity index (χ2n) is 7.69. The van der Waals surface area contributed by atoms with E-state index >= 15 is 0 Å². The molecule has 0 aliphatic rings. The van der Waals surface area contributed by atoms with Gasteiger partial charge in [0.15, 0.2) is 0 Å². The van der Waals surface area contributed by atoms with Gasteiger partial charge in [0.05, 0.1) is 13.2 Å². The Kier molecular flexibility index (Phi) is 8.56. The summed E-state index contributed by atoms with van der Waals surface area (Å²) < 4.78 is 5.23. The average molecular weight is 397 g/mol. The first-order valence-electron chi connectivity index (χ1n) is 10.7. The fourth-order valence-corrected chi connectivity index (χ4v) is 3.75. The van der Waals surface area contributed by atoms with Gasteiger partial charge in [0.2, 0.25) is 5.91 Å². The van der Waals surface area contributed by atoms with Gasteiger partial charge >= 0.3 is 0 Å². The molecule has 0 saturated carbocycles. The number of hydrogen-bond acceptors (Lipinski definition) is 3. The summed E-state index contributed by atoms with van der Waals surface area (Å²) in [6.07, 6.45) is 1.34. The molecule has 158 valence electrons. The molecule has 0 spiro atoms. The molecular formula is C25H36N2O2. The lowest BCUT2D eigenvalue weighted by atomic mass is 10.0. The molecule has 0 radical (unpaired) electrons. The van der Waals surface area contributed by atoms with E-state index in [4.69, 9.17) is 4.74 Å². The summed E-state index contributed by atoms with van der Waals surface area (Å²) in [6, 6.07) is 17.3. The van der Waals surface area contributed by atoms with Crippen LogP contribution in [0.4, 0.5) is 5.69 Å². The lowest BCUT2D eigenvalue weighted by molar-refractivity contribution is -0.133. The number of carbonyl (C=O) groups is 1. The molecule has 4 heteroatoms. The van der Waals surface area contributed by atoms with Crippen LogP contribution in [-0.4, -0.2) is 37.0 Å². The number of ether oxygens (including phenoxy) is 1. The molecule has 0 saturated heterocycles. The smallest absolute Gasteiger partial charge is 0.222 e. The molecule has 0 heterocycles. The standard InChI is InChI=1S/C25H36N2O2/c1-7-25(28)27(18-17-21-9-15-24(29-6)16-10-21)20(5)22-11-13-23(14-12-22)26(8-2)19(3)4/h9-16,19-20H,7-8,17-18H2,1-6H3. The molecule has 29 heavy (non-hydrogen) atoms. The lowest BCUT2D eigenvalue weighted by Crippen LogP contribution is -2.35. The van der Waals surface area contributed by atoms with E-state index in [0.717, 1.165) is 18.7 Å². The van der Waals surface area contributed by atoms with Crippen molar-refractivity contribution in [2.75, 3.05) is 25.1 Å². The van der Waals surface area contributed by atoms with Gasteiger partial charge in [-0.15, -0.1) is 0 Å². The van der Waals surface area contributed by atoms with Crippen molar-refractivity contribution in [2.24, 2.45) is 0 Å². The van der Waals surface area contributed by atoms with Gasteiger partial charge in [0.1, 0.15) is 5.75 Å². The molecule has 0 bridgehead atoms. The van der Waals surface area contributed by atoms with Crippen molar-refractivity contribution in [2.45, 2.75) is 59.5 Å². The van der Waals surface area contributed by atoms with Gasteiger partial charge in [-0.3, -0.25) is 4.79 Å². The third kappa shape index (κ3) is 5.99. The highest BCUT2D eigenvalue weighted by Gasteiger charge is 2.20. The maximum absolute atomic E-state index is 12.7. The van der Waals surface area contributed by atoms with Crippen LogP contribution in [0.5, 0.6) is 5.75 Å². The Labute approximate surface area is 176 Å². The predicted molar refractivity (Wildman–Crippen MR) is 122 cm³/mol. The fraction of sp³-hybridized carbons (Fsp3) is 0.480. The van der Waals surface area contributed by atoms with Gasteiger partial charge in [-0.25, -0.2) is 0 Å². The van der Waals surface area contributed by atoms with Crippen LogP contribution in [0.1, 0.15) is 58.2 Å². The van der Waals surface area contributed by atoms with Crippen LogP contribution in [0, 0.1) is 0 Å². The van der Waals surface area contributed by atoms with Crippen molar-refractivity contribution >= 4 is 11.6 Å². The Hall–Kier alpha value is -2.49. The highest BCUT2D eigenvalue weighted by atomic mass is 16.5. The first-order valence-corrected chi connectivity index (χ1v) is 10.7. The third-order valence-electron chi connectivity index (χ3n) is 5.56. The largest absolute Gasteiger partial charge is 0.497 e. The monoisotopic (exact) mass is 396 g/mol. The molecule has 4 nitrogen and oxygen atoms in total. The normalized spacial score (nSPS) is 12.0. The van der Waals surface area contributed by atoms with E-state index in [0.29, 0.717) is 19.0 Å². The van der Waals surface area contributed by atoms with Gasteiger partial charge < -0.3 is 14.5 Å². The van der Waals surface area contributed by atoms with Crippen LogP contribution in [0.25, 0.3) is 0 Å². The summed E-state index contributed by atoms with van der Waals surface area (Å²) in [4.78, 5) is 17.0. The van der Waals surface area contributed by atoms with Crippen LogP contribution >= 0.6 is 0 Å². The minimum Gasteiger partial charge on any atom is -0.497 e. The van der Waals surface area contributed by atoms with E-state index in [1.807, 2.05) is 24.0 Å². The zero-order valence-electron chi connectivity index (χ0n) is 18.8. The molecule has 0 aromatic heterocycles. The number of nitrogens with zero attached hydrogens (tertiary/aromatic N) is 2. The third-order valence-corrected chi connectivity index (χ3v) is 5.56. The summed E-state index contributed by atoms with van der Waals surface area (Å²) in [5, 5.41) is 0.